The third-order valence-electron chi connectivity index (χ3n) is 2.85. The van der Waals surface area contributed by atoms with E-state index in [1.165, 1.54) is 12.1 Å². The lowest BCUT2D eigenvalue weighted by Crippen LogP contribution is -2.13. The molecule has 0 saturated heterocycles. The van der Waals surface area contributed by atoms with Gasteiger partial charge in [-0.2, -0.15) is 13.2 Å². The lowest BCUT2D eigenvalue weighted by molar-refractivity contribution is -0.137. The van der Waals surface area contributed by atoms with Gasteiger partial charge >= 0.3 is 6.18 Å². The molecule has 0 atom stereocenters. The number of hydrogen-bond donors (Lipinski definition) is 1. The van der Waals surface area contributed by atoms with Gasteiger partial charge in [0.05, 0.1) is 11.3 Å². The summed E-state index contributed by atoms with van der Waals surface area (Å²) in [4.78, 5) is 11.9. The molecule has 1 amide bonds. The van der Waals surface area contributed by atoms with Crippen molar-refractivity contribution < 1.29 is 22.4 Å². The van der Waals surface area contributed by atoms with Gasteiger partial charge in [0.1, 0.15) is 5.82 Å². The number of rotatable bonds is 2. The van der Waals surface area contributed by atoms with Crippen LogP contribution in [0.3, 0.4) is 0 Å². The van der Waals surface area contributed by atoms with E-state index in [4.69, 9.17) is 0 Å². The molecule has 1 N–H and O–H groups in total. The third kappa shape index (κ3) is 3.59. The Morgan fingerprint density at radius 2 is 1.67 bits per heavy atom. The Morgan fingerprint density at radius 3 is 2.19 bits per heavy atom. The fourth-order valence-corrected chi connectivity index (χ4v) is 1.73. The number of amides is 1. The Kier molecular flexibility index (Phi) is 3.97. The fraction of sp³-hybridized carbons (Fsp3) is 0.133. The van der Waals surface area contributed by atoms with Crippen LogP contribution >= 0.6 is 0 Å². The van der Waals surface area contributed by atoms with Gasteiger partial charge in [-0.15, -0.1) is 0 Å². The molecule has 21 heavy (non-hydrogen) atoms. The van der Waals surface area contributed by atoms with Crippen molar-refractivity contribution >= 4 is 11.6 Å². The number of carbonyl (C=O) groups excluding carboxylic acids is 1. The zero-order valence-electron chi connectivity index (χ0n) is 11.0. The smallest absolute Gasteiger partial charge is 0.319 e. The SMILES string of the molecule is Cc1ccc(NC(=O)c2ccc(C(F)(F)F)cc2)c(F)c1. The summed E-state index contributed by atoms with van der Waals surface area (Å²) < 4.78 is 50.8. The fourth-order valence-electron chi connectivity index (χ4n) is 1.73. The molecule has 2 rings (SSSR count). The number of nitrogens with one attached hydrogen (secondary N) is 1. The lowest BCUT2D eigenvalue weighted by atomic mass is 10.1. The summed E-state index contributed by atoms with van der Waals surface area (Å²) in [5, 5.41) is 2.32. The highest BCUT2D eigenvalue weighted by molar-refractivity contribution is 6.04. The predicted molar refractivity (Wildman–Crippen MR) is 70.5 cm³/mol. The zero-order valence-corrected chi connectivity index (χ0v) is 11.0. The van der Waals surface area contributed by atoms with E-state index in [0.717, 1.165) is 24.3 Å². The van der Waals surface area contributed by atoms with Crippen LogP contribution in [0.15, 0.2) is 42.5 Å². The van der Waals surface area contributed by atoms with Crippen molar-refractivity contribution in [2.75, 3.05) is 5.32 Å². The first kappa shape index (κ1) is 15.0. The van der Waals surface area contributed by atoms with E-state index in [2.05, 4.69) is 5.32 Å². The van der Waals surface area contributed by atoms with Crippen molar-refractivity contribution in [2.24, 2.45) is 0 Å². The Morgan fingerprint density at radius 1 is 1.05 bits per heavy atom. The molecule has 0 heterocycles. The van der Waals surface area contributed by atoms with Gasteiger partial charge in [0.25, 0.3) is 5.91 Å². The first-order valence-electron chi connectivity index (χ1n) is 6.02. The molecular weight excluding hydrogens is 286 g/mol. The van der Waals surface area contributed by atoms with Gasteiger partial charge in [-0.3, -0.25) is 4.79 Å². The summed E-state index contributed by atoms with van der Waals surface area (Å²) in [7, 11) is 0. The molecule has 2 nitrogen and oxygen atoms in total. The average molecular weight is 297 g/mol. The number of hydrogen-bond acceptors (Lipinski definition) is 1. The summed E-state index contributed by atoms with van der Waals surface area (Å²) >= 11 is 0. The monoisotopic (exact) mass is 297 g/mol. The van der Waals surface area contributed by atoms with Crippen molar-refractivity contribution in [1.29, 1.82) is 0 Å². The molecule has 2 aromatic carbocycles. The molecule has 0 aliphatic carbocycles. The topological polar surface area (TPSA) is 29.1 Å². The Hall–Kier alpha value is -2.37. The van der Waals surface area contributed by atoms with Crippen LogP contribution in [0.25, 0.3) is 0 Å². The van der Waals surface area contributed by atoms with Crippen molar-refractivity contribution in [2.45, 2.75) is 13.1 Å². The number of anilines is 1. The molecular formula is C15H11F4NO. The molecule has 6 heteroatoms. The number of alkyl halides is 3. The Balaban J connectivity index is 2.17. The van der Waals surface area contributed by atoms with Crippen molar-refractivity contribution in [3.05, 3.63) is 65.0 Å². The summed E-state index contributed by atoms with van der Waals surface area (Å²) in [5.41, 5.74) is -0.158. The maximum absolute atomic E-state index is 13.6. The maximum Gasteiger partial charge on any atom is 0.416 e. The van der Waals surface area contributed by atoms with E-state index >= 15 is 0 Å². The maximum atomic E-state index is 13.6. The van der Waals surface area contributed by atoms with E-state index in [1.807, 2.05) is 0 Å². The Bertz CT molecular complexity index is 662. The molecule has 2 aromatic rings. The van der Waals surface area contributed by atoms with Gasteiger partial charge in [0.2, 0.25) is 0 Å². The van der Waals surface area contributed by atoms with Crippen LogP contribution in [0.1, 0.15) is 21.5 Å². The second kappa shape index (κ2) is 5.55. The standard InChI is InChI=1S/C15H11F4NO/c1-9-2-7-13(12(16)8-9)20-14(21)10-3-5-11(6-4-10)15(17,18)19/h2-8H,1H3,(H,20,21). The zero-order chi connectivity index (χ0) is 15.6. The summed E-state index contributed by atoms with van der Waals surface area (Å²) in [5.74, 6) is -1.28. The second-order valence-electron chi connectivity index (χ2n) is 4.51. The van der Waals surface area contributed by atoms with Crippen LogP contribution in [-0.4, -0.2) is 5.91 Å². The van der Waals surface area contributed by atoms with E-state index in [9.17, 15) is 22.4 Å². The van der Waals surface area contributed by atoms with Crippen LogP contribution in [0.4, 0.5) is 23.2 Å². The lowest BCUT2D eigenvalue weighted by Gasteiger charge is -2.09. The molecule has 0 aliphatic rings. The van der Waals surface area contributed by atoms with Gasteiger partial charge in [0.15, 0.2) is 0 Å². The minimum Gasteiger partial charge on any atom is -0.319 e. The van der Waals surface area contributed by atoms with Gasteiger partial charge in [0, 0.05) is 5.56 Å². The van der Waals surface area contributed by atoms with Crippen molar-refractivity contribution in [3.8, 4) is 0 Å². The van der Waals surface area contributed by atoms with E-state index in [0.29, 0.717) is 5.56 Å². The van der Waals surface area contributed by atoms with Crippen LogP contribution in [-0.2, 0) is 6.18 Å². The quantitative estimate of drug-likeness (QED) is 0.818. The highest BCUT2D eigenvalue weighted by Gasteiger charge is 2.30. The van der Waals surface area contributed by atoms with Gasteiger partial charge in [-0.05, 0) is 48.9 Å². The summed E-state index contributed by atoms with van der Waals surface area (Å²) in [6.07, 6.45) is -4.46. The molecule has 0 spiro atoms. The second-order valence-corrected chi connectivity index (χ2v) is 4.51. The minimum atomic E-state index is -4.46. The molecule has 0 fully saturated rings. The molecule has 0 saturated carbocycles. The largest absolute Gasteiger partial charge is 0.416 e. The van der Waals surface area contributed by atoms with Crippen LogP contribution in [0.2, 0.25) is 0 Å². The molecule has 0 radical (unpaired) electrons. The van der Waals surface area contributed by atoms with E-state index < -0.39 is 23.5 Å². The first-order chi connectivity index (χ1) is 9.77. The highest BCUT2D eigenvalue weighted by Crippen LogP contribution is 2.29. The third-order valence-corrected chi connectivity index (χ3v) is 2.85. The van der Waals surface area contributed by atoms with Gasteiger partial charge in [-0.1, -0.05) is 6.07 Å². The average Bonchev–Trinajstić information content (AvgIpc) is 2.41. The van der Waals surface area contributed by atoms with E-state index in [1.54, 1.807) is 13.0 Å². The van der Waals surface area contributed by atoms with Crippen LogP contribution in [0, 0.1) is 12.7 Å². The van der Waals surface area contributed by atoms with E-state index in [-0.39, 0.29) is 11.3 Å². The molecule has 0 aromatic heterocycles. The Labute approximate surface area is 118 Å². The number of halogens is 4. The number of aryl methyl sites for hydroxylation is 1. The number of carbonyl (C=O) groups is 1. The summed E-state index contributed by atoms with van der Waals surface area (Å²) in [6.45, 7) is 1.70. The van der Waals surface area contributed by atoms with Gasteiger partial charge < -0.3 is 5.32 Å². The molecule has 0 unspecified atom stereocenters. The van der Waals surface area contributed by atoms with Crippen molar-refractivity contribution in [3.63, 3.8) is 0 Å². The summed E-state index contributed by atoms with van der Waals surface area (Å²) in [6, 6.07) is 7.97. The highest BCUT2D eigenvalue weighted by atomic mass is 19.4. The van der Waals surface area contributed by atoms with Crippen molar-refractivity contribution in [1.82, 2.24) is 0 Å². The van der Waals surface area contributed by atoms with Gasteiger partial charge in [-0.25, -0.2) is 4.39 Å². The van der Waals surface area contributed by atoms with Crippen LogP contribution < -0.4 is 5.32 Å². The molecule has 0 bridgehead atoms. The number of benzene rings is 2. The van der Waals surface area contributed by atoms with Crippen LogP contribution in [0.5, 0.6) is 0 Å². The molecule has 0 aliphatic heterocycles. The molecule has 110 valence electrons. The first-order valence-corrected chi connectivity index (χ1v) is 6.02. The predicted octanol–water partition coefficient (Wildman–Crippen LogP) is 4.41. The minimum absolute atomic E-state index is 0.0166. The normalized spacial score (nSPS) is 11.3.